The number of aromatic nitrogens is 1. The normalized spacial score (nSPS) is 12.5. The van der Waals surface area contributed by atoms with E-state index in [0.717, 1.165) is 6.42 Å². The van der Waals surface area contributed by atoms with E-state index in [1.54, 1.807) is 12.3 Å². The van der Waals surface area contributed by atoms with Crippen LogP contribution in [0.4, 0.5) is 0 Å². The van der Waals surface area contributed by atoms with Gasteiger partial charge in [-0.25, -0.2) is 0 Å². The van der Waals surface area contributed by atoms with Crippen molar-refractivity contribution in [2.45, 2.75) is 25.8 Å². The van der Waals surface area contributed by atoms with Gasteiger partial charge in [0.25, 0.3) is 5.91 Å². The van der Waals surface area contributed by atoms with Crippen molar-refractivity contribution in [3.63, 3.8) is 0 Å². The molecular weight excluding hydrogens is 216 g/mol. The Morgan fingerprint density at radius 3 is 2.93 bits per heavy atom. The molecule has 0 saturated heterocycles. The smallest absolute Gasteiger partial charge is 0.267 e. The van der Waals surface area contributed by atoms with E-state index in [9.17, 15) is 4.79 Å². The minimum Gasteiger partial charge on any atom is -0.396 e. The molecule has 1 heterocycles. The molecule has 1 aromatic rings. The predicted molar refractivity (Wildman–Crippen MR) is 59.1 cm³/mol. The van der Waals surface area contributed by atoms with E-state index >= 15 is 0 Å². The Bertz CT molecular complexity index is 325. The predicted octanol–water partition coefficient (Wildman–Crippen LogP) is 1.56. The van der Waals surface area contributed by atoms with Crippen LogP contribution in [-0.2, 0) is 0 Å². The van der Waals surface area contributed by atoms with Crippen LogP contribution in [0.3, 0.4) is 0 Å². The summed E-state index contributed by atoms with van der Waals surface area (Å²) in [6.45, 7) is 2.03. The molecule has 0 fully saturated rings. The summed E-state index contributed by atoms with van der Waals surface area (Å²) in [4.78, 5) is 14.4. The number of aliphatic hydroxyl groups excluding tert-OH is 1. The van der Waals surface area contributed by atoms with Crippen LogP contribution < -0.4 is 5.32 Å². The van der Waals surface area contributed by atoms with E-state index in [2.05, 4.69) is 10.3 Å². The average molecular weight is 231 g/mol. The maximum Gasteiger partial charge on any atom is 0.267 e. The number of amides is 1. The second-order valence-electron chi connectivity index (χ2n) is 3.32. The van der Waals surface area contributed by atoms with Gasteiger partial charge in [-0.2, -0.15) is 0 Å². The number of carbonyl (C=O) groups excluding carboxylic acids is 1. The maximum atomic E-state index is 11.6. The van der Waals surface area contributed by atoms with Crippen molar-refractivity contribution in [2.75, 3.05) is 6.61 Å². The highest BCUT2D eigenvalue weighted by Crippen LogP contribution is 2.09. The monoisotopic (exact) mass is 230 g/mol. The van der Waals surface area contributed by atoms with Crippen LogP contribution in [0.5, 0.6) is 0 Å². The van der Waals surface area contributed by atoms with Gasteiger partial charge in [-0.15, -0.1) is 0 Å². The third-order valence-corrected chi connectivity index (χ3v) is 2.42. The summed E-state index contributed by atoms with van der Waals surface area (Å²) in [6, 6.07) is 1.58. The Kier molecular flexibility index (Phi) is 4.65. The van der Waals surface area contributed by atoms with Gasteiger partial charge in [0.05, 0.1) is 5.02 Å². The van der Waals surface area contributed by atoms with Crippen LogP contribution in [0.15, 0.2) is 12.3 Å². The third-order valence-electron chi connectivity index (χ3n) is 2.20. The molecular formula is C10H15ClN2O2. The molecule has 0 aliphatic heterocycles. The molecule has 0 radical (unpaired) electrons. The quantitative estimate of drug-likeness (QED) is 0.719. The molecule has 1 unspecified atom stereocenters. The van der Waals surface area contributed by atoms with Gasteiger partial charge in [-0.05, 0) is 18.9 Å². The molecule has 0 aromatic carbocycles. The van der Waals surface area contributed by atoms with Crippen LogP contribution in [0, 0.1) is 0 Å². The number of aromatic amines is 1. The molecule has 5 heteroatoms. The Labute approximate surface area is 93.6 Å². The van der Waals surface area contributed by atoms with E-state index in [1.165, 1.54) is 0 Å². The Morgan fingerprint density at radius 2 is 2.47 bits per heavy atom. The summed E-state index contributed by atoms with van der Waals surface area (Å²) in [5.74, 6) is -0.192. The minimum atomic E-state index is -0.192. The lowest BCUT2D eigenvalue weighted by Gasteiger charge is -2.14. The van der Waals surface area contributed by atoms with Gasteiger partial charge >= 0.3 is 0 Å². The van der Waals surface area contributed by atoms with Crippen LogP contribution >= 0.6 is 11.6 Å². The van der Waals surface area contributed by atoms with Crippen molar-refractivity contribution in [3.8, 4) is 0 Å². The average Bonchev–Trinajstić information content (AvgIpc) is 2.64. The molecule has 1 aromatic heterocycles. The summed E-state index contributed by atoms with van der Waals surface area (Å²) in [7, 11) is 0. The van der Waals surface area contributed by atoms with Gasteiger partial charge in [0.2, 0.25) is 0 Å². The molecule has 0 saturated carbocycles. The lowest BCUT2D eigenvalue weighted by molar-refractivity contribution is 0.0924. The first-order valence-corrected chi connectivity index (χ1v) is 5.30. The number of H-pyrrole nitrogens is 1. The van der Waals surface area contributed by atoms with Gasteiger partial charge in [-0.3, -0.25) is 4.79 Å². The van der Waals surface area contributed by atoms with Crippen molar-refractivity contribution in [1.82, 2.24) is 10.3 Å². The van der Waals surface area contributed by atoms with Crippen LogP contribution in [0.1, 0.15) is 30.3 Å². The number of rotatable bonds is 5. The number of nitrogens with one attached hydrogen (secondary N) is 2. The molecule has 0 aliphatic carbocycles. The molecule has 3 N–H and O–H groups in total. The van der Waals surface area contributed by atoms with E-state index < -0.39 is 0 Å². The Morgan fingerprint density at radius 1 is 1.73 bits per heavy atom. The molecule has 1 amide bonds. The second-order valence-corrected chi connectivity index (χ2v) is 3.76. The summed E-state index contributed by atoms with van der Waals surface area (Å²) in [6.07, 6.45) is 2.92. The van der Waals surface area contributed by atoms with Crippen molar-refractivity contribution >= 4 is 17.5 Å². The summed E-state index contributed by atoms with van der Waals surface area (Å²) in [5, 5.41) is 12.1. The van der Waals surface area contributed by atoms with Crippen LogP contribution in [0.25, 0.3) is 0 Å². The fraction of sp³-hybridized carbons (Fsp3) is 0.500. The molecule has 15 heavy (non-hydrogen) atoms. The zero-order valence-corrected chi connectivity index (χ0v) is 9.34. The number of hydrogen-bond acceptors (Lipinski definition) is 2. The third kappa shape index (κ3) is 3.57. The SMILES string of the molecule is CCC(CCO)NC(=O)c1cc(Cl)c[nH]1. The number of aliphatic hydroxyl groups is 1. The number of halogens is 1. The summed E-state index contributed by atoms with van der Waals surface area (Å²) in [5.41, 5.74) is 0.441. The molecule has 0 spiro atoms. The van der Waals surface area contributed by atoms with Gasteiger partial charge in [0.1, 0.15) is 5.69 Å². The Hall–Kier alpha value is -1.00. The topological polar surface area (TPSA) is 65.1 Å². The number of carbonyl (C=O) groups is 1. The molecule has 0 aliphatic rings. The zero-order valence-electron chi connectivity index (χ0n) is 8.59. The minimum absolute atomic E-state index is 0.00424. The van der Waals surface area contributed by atoms with Gasteiger partial charge in [0.15, 0.2) is 0 Å². The molecule has 4 nitrogen and oxygen atoms in total. The van der Waals surface area contributed by atoms with Crippen molar-refractivity contribution < 1.29 is 9.90 Å². The Balaban J connectivity index is 2.54. The molecule has 84 valence electrons. The lowest BCUT2D eigenvalue weighted by atomic mass is 10.1. The van der Waals surface area contributed by atoms with Crippen molar-refractivity contribution in [2.24, 2.45) is 0 Å². The largest absolute Gasteiger partial charge is 0.396 e. The maximum absolute atomic E-state index is 11.6. The fourth-order valence-electron chi connectivity index (χ4n) is 1.30. The highest BCUT2D eigenvalue weighted by molar-refractivity contribution is 6.30. The van der Waals surface area contributed by atoms with Gasteiger partial charge in [-0.1, -0.05) is 18.5 Å². The van der Waals surface area contributed by atoms with Crippen molar-refractivity contribution in [1.29, 1.82) is 0 Å². The molecule has 0 bridgehead atoms. The van der Waals surface area contributed by atoms with Gasteiger partial charge < -0.3 is 15.4 Å². The van der Waals surface area contributed by atoms with E-state index in [-0.39, 0.29) is 18.6 Å². The van der Waals surface area contributed by atoms with Crippen LogP contribution in [-0.4, -0.2) is 28.6 Å². The highest BCUT2D eigenvalue weighted by Gasteiger charge is 2.12. The van der Waals surface area contributed by atoms with Crippen LogP contribution in [0.2, 0.25) is 5.02 Å². The first-order chi connectivity index (χ1) is 7.17. The second kappa shape index (κ2) is 5.78. The summed E-state index contributed by atoms with van der Waals surface area (Å²) < 4.78 is 0. The highest BCUT2D eigenvalue weighted by atomic mass is 35.5. The molecule has 1 rings (SSSR count). The standard InChI is InChI=1S/C10H15ClN2O2/c1-2-8(3-4-14)13-10(15)9-5-7(11)6-12-9/h5-6,8,12,14H,2-4H2,1H3,(H,13,15). The first kappa shape index (κ1) is 12.1. The van der Waals surface area contributed by atoms with E-state index in [1.807, 2.05) is 6.92 Å². The van der Waals surface area contributed by atoms with E-state index in [4.69, 9.17) is 16.7 Å². The number of hydrogen-bond donors (Lipinski definition) is 3. The van der Waals surface area contributed by atoms with E-state index in [0.29, 0.717) is 17.1 Å². The lowest BCUT2D eigenvalue weighted by Crippen LogP contribution is -2.35. The molecule has 1 atom stereocenters. The zero-order chi connectivity index (χ0) is 11.3. The van der Waals surface area contributed by atoms with Crippen molar-refractivity contribution in [3.05, 3.63) is 23.0 Å². The fourth-order valence-corrected chi connectivity index (χ4v) is 1.46. The first-order valence-electron chi connectivity index (χ1n) is 4.93. The van der Waals surface area contributed by atoms with Gasteiger partial charge in [0, 0.05) is 18.8 Å². The summed E-state index contributed by atoms with van der Waals surface area (Å²) >= 11 is 5.68.